The van der Waals surface area contributed by atoms with Crippen molar-refractivity contribution in [2.75, 3.05) is 12.4 Å². The molecule has 2 N–H and O–H groups in total. The van der Waals surface area contributed by atoms with Crippen molar-refractivity contribution in [3.8, 4) is 17.2 Å². The molecule has 0 atom stereocenters. The summed E-state index contributed by atoms with van der Waals surface area (Å²) in [4.78, 5) is 17.2. The number of halogens is 1. The van der Waals surface area contributed by atoms with Gasteiger partial charge in [-0.3, -0.25) is 10.1 Å². The third-order valence-electron chi connectivity index (χ3n) is 5.28. The van der Waals surface area contributed by atoms with Gasteiger partial charge in [0.15, 0.2) is 10.7 Å². The van der Waals surface area contributed by atoms with Crippen LogP contribution in [0.1, 0.15) is 36.7 Å². The van der Waals surface area contributed by atoms with E-state index in [2.05, 4.69) is 52.3 Å². The summed E-state index contributed by atoms with van der Waals surface area (Å²) < 4.78 is 12.0. The minimum atomic E-state index is -0.271. The van der Waals surface area contributed by atoms with Gasteiger partial charge in [-0.25, -0.2) is 4.98 Å². The Kier molecular flexibility index (Phi) is 6.72. The number of benzene rings is 3. The number of hydrogen-bond donors (Lipinski definition) is 2. The normalized spacial score (nSPS) is 11.3. The van der Waals surface area contributed by atoms with Gasteiger partial charge in [0.1, 0.15) is 11.3 Å². The molecule has 0 aliphatic carbocycles. The molecule has 174 valence electrons. The number of ether oxygens (including phenoxy) is 1. The van der Waals surface area contributed by atoms with E-state index in [1.165, 1.54) is 0 Å². The highest BCUT2D eigenvalue weighted by Crippen LogP contribution is 2.32. The number of oxazole rings is 1. The number of nitrogens with zero attached hydrogens (tertiary/aromatic N) is 1. The van der Waals surface area contributed by atoms with Crippen molar-refractivity contribution >= 4 is 56.0 Å². The Hall–Kier alpha value is -3.23. The van der Waals surface area contributed by atoms with E-state index in [-0.39, 0.29) is 16.4 Å². The molecule has 8 heteroatoms. The van der Waals surface area contributed by atoms with Crippen LogP contribution >= 0.6 is 28.1 Å². The molecule has 0 bridgehead atoms. The number of hydrogen-bond acceptors (Lipinski definition) is 5. The quantitative estimate of drug-likeness (QED) is 0.282. The third-order valence-corrected chi connectivity index (χ3v) is 6.11. The molecule has 1 aromatic heterocycles. The van der Waals surface area contributed by atoms with Crippen molar-refractivity contribution in [1.29, 1.82) is 0 Å². The van der Waals surface area contributed by atoms with E-state index in [0.717, 1.165) is 21.3 Å². The summed E-state index contributed by atoms with van der Waals surface area (Å²) in [7, 11) is 1.61. The standard InChI is InChI=1S/C26H24BrN3O3S/c1-26(2,3)17-8-5-15(6-9-17)23(31)30-25(34)28-18-10-12-22-20(14-18)29-24(33-22)16-7-11-21(32-4)19(27)13-16/h5-14H,1-4H3,(H2,28,30,31,34). The van der Waals surface area contributed by atoms with Crippen molar-refractivity contribution in [3.05, 3.63) is 76.3 Å². The van der Waals surface area contributed by atoms with Gasteiger partial charge in [-0.15, -0.1) is 0 Å². The van der Waals surface area contributed by atoms with E-state index in [1.807, 2.05) is 48.5 Å². The second-order valence-electron chi connectivity index (χ2n) is 8.79. The monoisotopic (exact) mass is 537 g/mol. The van der Waals surface area contributed by atoms with Gasteiger partial charge in [0.2, 0.25) is 5.89 Å². The van der Waals surface area contributed by atoms with Crippen LogP contribution in [-0.4, -0.2) is 23.1 Å². The molecule has 6 nitrogen and oxygen atoms in total. The number of thiocarbonyl (C=S) groups is 1. The van der Waals surface area contributed by atoms with Gasteiger partial charge < -0.3 is 14.5 Å². The predicted molar refractivity (Wildman–Crippen MR) is 143 cm³/mol. The SMILES string of the molecule is COc1ccc(-c2nc3cc(NC(=S)NC(=O)c4ccc(C(C)(C)C)cc4)ccc3o2)cc1Br. The molecule has 34 heavy (non-hydrogen) atoms. The Morgan fingerprint density at radius 3 is 2.44 bits per heavy atom. The Morgan fingerprint density at radius 2 is 1.79 bits per heavy atom. The lowest BCUT2D eigenvalue weighted by atomic mass is 9.87. The van der Waals surface area contributed by atoms with Crippen molar-refractivity contribution in [3.63, 3.8) is 0 Å². The summed E-state index contributed by atoms with van der Waals surface area (Å²) in [6, 6.07) is 18.6. The molecule has 4 aromatic rings. The molecule has 3 aromatic carbocycles. The Morgan fingerprint density at radius 1 is 1.06 bits per heavy atom. The zero-order valence-electron chi connectivity index (χ0n) is 19.2. The molecule has 0 saturated carbocycles. The van der Waals surface area contributed by atoms with Gasteiger partial charge >= 0.3 is 0 Å². The first-order chi connectivity index (χ1) is 16.1. The second kappa shape index (κ2) is 9.56. The van der Waals surface area contributed by atoms with E-state index >= 15 is 0 Å². The van der Waals surface area contributed by atoms with E-state index in [1.54, 1.807) is 19.2 Å². The summed E-state index contributed by atoms with van der Waals surface area (Å²) >= 11 is 8.82. The lowest BCUT2D eigenvalue weighted by molar-refractivity contribution is 0.0977. The van der Waals surface area contributed by atoms with E-state index in [0.29, 0.717) is 28.2 Å². The predicted octanol–water partition coefficient (Wildman–Crippen LogP) is 6.69. The first-order valence-electron chi connectivity index (χ1n) is 10.6. The average Bonchev–Trinajstić information content (AvgIpc) is 3.22. The number of nitrogens with one attached hydrogen (secondary N) is 2. The molecular formula is C26H24BrN3O3S. The molecule has 0 aliphatic rings. The van der Waals surface area contributed by atoms with Crippen molar-refractivity contribution in [1.82, 2.24) is 10.3 Å². The van der Waals surface area contributed by atoms with Crippen LogP contribution in [0.5, 0.6) is 5.75 Å². The summed E-state index contributed by atoms with van der Waals surface area (Å²) in [6.07, 6.45) is 0. The summed E-state index contributed by atoms with van der Waals surface area (Å²) in [5.41, 5.74) is 4.54. The van der Waals surface area contributed by atoms with Crippen molar-refractivity contribution in [2.24, 2.45) is 0 Å². The van der Waals surface area contributed by atoms with Crippen molar-refractivity contribution in [2.45, 2.75) is 26.2 Å². The van der Waals surface area contributed by atoms with Crippen LogP contribution in [0.3, 0.4) is 0 Å². The van der Waals surface area contributed by atoms with E-state index < -0.39 is 0 Å². The first-order valence-corrected chi connectivity index (χ1v) is 11.8. The number of carbonyl (C=O) groups excluding carboxylic acids is 1. The molecule has 1 amide bonds. The van der Waals surface area contributed by atoms with Gasteiger partial charge in [-0.2, -0.15) is 0 Å². The maximum Gasteiger partial charge on any atom is 0.257 e. The highest BCUT2D eigenvalue weighted by atomic mass is 79.9. The Labute approximate surface area is 211 Å². The van der Waals surface area contributed by atoms with E-state index in [9.17, 15) is 4.79 Å². The van der Waals surface area contributed by atoms with Crippen LogP contribution in [0, 0.1) is 0 Å². The van der Waals surface area contributed by atoms with Crippen LogP contribution in [0.4, 0.5) is 5.69 Å². The molecule has 0 unspecified atom stereocenters. The third kappa shape index (κ3) is 5.29. The Bertz CT molecular complexity index is 1370. The fourth-order valence-electron chi connectivity index (χ4n) is 3.39. The number of aromatic nitrogens is 1. The topological polar surface area (TPSA) is 76.4 Å². The van der Waals surface area contributed by atoms with E-state index in [4.69, 9.17) is 21.4 Å². The average molecular weight is 538 g/mol. The molecule has 0 aliphatic heterocycles. The number of carbonyl (C=O) groups is 1. The fraction of sp³-hybridized carbons (Fsp3) is 0.192. The van der Waals surface area contributed by atoms with Crippen LogP contribution in [0.25, 0.3) is 22.6 Å². The van der Waals surface area contributed by atoms with Gasteiger partial charge in [-0.05, 0) is 87.7 Å². The van der Waals surface area contributed by atoms with Gasteiger partial charge in [0.25, 0.3) is 5.91 Å². The zero-order chi connectivity index (χ0) is 24.5. The lowest BCUT2D eigenvalue weighted by Crippen LogP contribution is -2.34. The van der Waals surface area contributed by atoms with Crippen LogP contribution < -0.4 is 15.4 Å². The fourth-order valence-corrected chi connectivity index (χ4v) is 4.14. The maximum atomic E-state index is 12.6. The molecule has 1 heterocycles. The second-order valence-corrected chi connectivity index (χ2v) is 10.0. The van der Waals surface area contributed by atoms with Crippen LogP contribution in [0.15, 0.2) is 69.6 Å². The van der Waals surface area contributed by atoms with Gasteiger partial charge in [0.05, 0.1) is 11.6 Å². The van der Waals surface area contributed by atoms with Crippen LogP contribution in [-0.2, 0) is 5.41 Å². The number of methoxy groups -OCH3 is 1. The van der Waals surface area contributed by atoms with Gasteiger partial charge in [0, 0.05) is 16.8 Å². The molecular weight excluding hydrogens is 514 g/mol. The van der Waals surface area contributed by atoms with Crippen molar-refractivity contribution < 1.29 is 13.9 Å². The summed E-state index contributed by atoms with van der Waals surface area (Å²) in [5.74, 6) is 0.949. The van der Waals surface area contributed by atoms with Gasteiger partial charge in [-0.1, -0.05) is 32.9 Å². The number of amides is 1. The molecule has 0 fully saturated rings. The molecule has 0 spiro atoms. The van der Waals surface area contributed by atoms with Crippen LogP contribution in [0.2, 0.25) is 0 Å². The maximum absolute atomic E-state index is 12.6. The number of fused-ring (bicyclic) bond motifs is 1. The zero-order valence-corrected chi connectivity index (χ0v) is 21.6. The largest absolute Gasteiger partial charge is 0.496 e. The molecule has 4 rings (SSSR count). The lowest BCUT2D eigenvalue weighted by Gasteiger charge is -2.19. The minimum Gasteiger partial charge on any atom is -0.496 e. The number of rotatable bonds is 4. The first kappa shape index (κ1) is 23.9. The molecule has 0 radical (unpaired) electrons. The highest BCUT2D eigenvalue weighted by Gasteiger charge is 2.15. The highest BCUT2D eigenvalue weighted by molar-refractivity contribution is 9.10. The minimum absolute atomic E-state index is 0.0232. The Balaban J connectivity index is 1.45. The number of anilines is 1. The summed E-state index contributed by atoms with van der Waals surface area (Å²) in [6.45, 7) is 6.39. The summed E-state index contributed by atoms with van der Waals surface area (Å²) in [5, 5.41) is 5.96. The molecule has 0 saturated heterocycles. The smallest absolute Gasteiger partial charge is 0.257 e.